The van der Waals surface area contributed by atoms with Crippen LogP contribution in [0.1, 0.15) is 68.7 Å². The number of hydrogen-bond acceptors (Lipinski definition) is 3. The fourth-order valence-electron chi connectivity index (χ4n) is 0.987. The van der Waals surface area contributed by atoms with Crippen molar-refractivity contribution in [2.24, 2.45) is 0 Å². The number of allylic oxidation sites excluding steroid dienone is 4. The molecule has 0 radical (unpaired) electrons. The predicted octanol–water partition coefficient (Wildman–Crippen LogP) is 5.35. The molecular formula is C20H40F3GeO3Zr-. The van der Waals surface area contributed by atoms with Gasteiger partial charge in [-0.1, -0.05) is 0 Å². The quantitative estimate of drug-likeness (QED) is 0.305. The Labute approximate surface area is 192 Å². The molecular weight excluding hydrogens is 509 g/mol. The standard InChI is InChI=1S/C8H10F3Ge.3C4H10O.Zr/c1-12(2,8(9,10)11)7-5-3-4-6-7;3*1-4(2,3)5;/h3,5H,4H2,1-2H3;3*5H,1-3H3;/q-1;;;;. The average Bonchev–Trinajstić information content (AvgIpc) is 2.72. The fourth-order valence-corrected chi connectivity index (χ4v) is 3.89. The molecule has 0 aliphatic heterocycles. The van der Waals surface area contributed by atoms with Crippen molar-refractivity contribution in [3.8, 4) is 0 Å². The van der Waals surface area contributed by atoms with E-state index in [9.17, 15) is 13.2 Å². The van der Waals surface area contributed by atoms with Crippen molar-refractivity contribution in [3.63, 3.8) is 0 Å². The van der Waals surface area contributed by atoms with Crippen molar-refractivity contribution in [2.75, 3.05) is 0 Å². The molecule has 0 aromatic carbocycles. The van der Waals surface area contributed by atoms with Gasteiger partial charge in [0.1, 0.15) is 0 Å². The second kappa shape index (κ2) is 13.8. The molecule has 0 atom stereocenters. The van der Waals surface area contributed by atoms with Crippen molar-refractivity contribution in [1.29, 1.82) is 0 Å². The van der Waals surface area contributed by atoms with Crippen molar-refractivity contribution < 1.29 is 54.7 Å². The topological polar surface area (TPSA) is 60.7 Å². The maximum absolute atomic E-state index is 12.5. The van der Waals surface area contributed by atoms with Crippen LogP contribution in [0.15, 0.2) is 16.6 Å². The number of aliphatic hydroxyl groups is 3. The van der Waals surface area contributed by atoms with Gasteiger partial charge in [0, 0.05) is 26.2 Å². The number of alkyl halides is 3. The summed E-state index contributed by atoms with van der Waals surface area (Å²) in [6.45, 7) is 15.7. The fraction of sp³-hybridized carbons (Fsp3) is 0.800. The second-order valence-corrected chi connectivity index (χ2v) is 19.0. The summed E-state index contributed by atoms with van der Waals surface area (Å²) in [6.07, 6.45) is 6.62. The molecule has 0 saturated carbocycles. The van der Waals surface area contributed by atoms with Gasteiger partial charge in [0.2, 0.25) is 0 Å². The summed E-state index contributed by atoms with van der Waals surface area (Å²) in [5.41, 5.74) is -1.50. The molecule has 0 spiro atoms. The van der Waals surface area contributed by atoms with Gasteiger partial charge in [0.05, 0.1) is 16.8 Å². The predicted molar refractivity (Wildman–Crippen MR) is 110 cm³/mol. The number of hydrogen-bond donors (Lipinski definition) is 3. The molecule has 1 rings (SSSR count). The van der Waals surface area contributed by atoms with E-state index < -0.39 is 35.1 Å². The third kappa shape index (κ3) is 34.1. The minimum Gasteiger partial charge on any atom is 0 e. The summed E-state index contributed by atoms with van der Waals surface area (Å²) >= 11 is -3.77. The van der Waals surface area contributed by atoms with Gasteiger partial charge < -0.3 is 15.3 Å². The van der Waals surface area contributed by atoms with E-state index in [0.717, 1.165) is 0 Å². The third-order valence-electron chi connectivity index (χ3n) is 2.08. The van der Waals surface area contributed by atoms with Crippen LogP contribution in [0.2, 0.25) is 11.5 Å². The van der Waals surface area contributed by atoms with E-state index in [1.165, 1.54) is 11.5 Å². The molecule has 3 nitrogen and oxygen atoms in total. The summed E-state index contributed by atoms with van der Waals surface area (Å²) in [7, 11) is 0. The third-order valence-corrected chi connectivity index (χ3v) is 8.60. The van der Waals surface area contributed by atoms with E-state index in [4.69, 9.17) is 15.3 Å². The van der Waals surface area contributed by atoms with Gasteiger partial charge in [-0.25, -0.2) is 0 Å². The van der Waals surface area contributed by atoms with E-state index in [0.29, 0.717) is 10.8 Å². The smallest absolute Gasteiger partial charge is 0 e. The van der Waals surface area contributed by atoms with Gasteiger partial charge in [0.25, 0.3) is 0 Å². The molecule has 0 heterocycles. The first kappa shape index (κ1) is 36.0. The maximum atomic E-state index is 12.5. The zero-order valence-electron chi connectivity index (χ0n) is 19.3. The van der Waals surface area contributed by atoms with E-state index >= 15 is 0 Å². The van der Waals surface area contributed by atoms with Gasteiger partial charge >= 0.3 is 72.0 Å². The minimum absolute atomic E-state index is 0. The molecule has 28 heavy (non-hydrogen) atoms. The minimum atomic E-state index is -4.00. The number of halogens is 3. The van der Waals surface area contributed by atoms with Gasteiger partial charge in [-0.15, -0.1) is 0 Å². The molecule has 1 aliphatic rings. The summed E-state index contributed by atoms with van der Waals surface area (Å²) in [4.78, 5) is 0. The van der Waals surface area contributed by atoms with Crippen LogP contribution in [0.25, 0.3) is 0 Å². The molecule has 0 unspecified atom stereocenters. The average molecular weight is 549 g/mol. The number of rotatable bonds is 1. The van der Waals surface area contributed by atoms with Crippen LogP contribution in [0.3, 0.4) is 0 Å². The summed E-state index contributed by atoms with van der Waals surface area (Å²) in [5, 5.41) is 21.6. The molecule has 0 amide bonds. The van der Waals surface area contributed by atoms with Crippen LogP contribution < -0.4 is 0 Å². The molecule has 168 valence electrons. The maximum Gasteiger partial charge on any atom is 0 e. The molecule has 0 bridgehead atoms. The van der Waals surface area contributed by atoms with Crippen molar-refractivity contribution in [3.05, 3.63) is 22.6 Å². The monoisotopic (exact) mass is 549 g/mol. The van der Waals surface area contributed by atoms with E-state index in [2.05, 4.69) is 6.08 Å². The van der Waals surface area contributed by atoms with Gasteiger partial charge in [-0.05, 0) is 62.3 Å². The summed E-state index contributed by atoms with van der Waals surface area (Å²) < 4.78 is 37.9. The Morgan fingerprint density at radius 1 is 0.786 bits per heavy atom. The van der Waals surface area contributed by atoms with Crippen LogP contribution >= 0.6 is 0 Å². The van der Waals surface area contributed by atoms with Crippen molar-refractivity contribution in [1.82, 2.24) is 0 Å². The SMILES string of the molecule is CC(C)(C)O.CC(C)(C)O.CC(C)(C)O.[CH3][Ge]([CH3])([C]1=[C-]CC=C1)[C](F)(F)F.[Zr]. The van der Waals surface area contributed by atoms with Gasteiger partial charge in [-0.3, -0.25) is 0 Å². The Bertz CT molecular complexity index is 421. The first-order chi connectivity index (χ1) is 11.4. The molecule has 0 saturated heterocycles. The van der Waals surface area contributed by atoms with Crippen LogP contribution in [0.4, 0.5) is 13.2 Å². The van der Waals surface area contributed by atoms with E-state index in [-0.39, 0.29) is 26.2 Å². The van der Waals surface area contributed by atoms with Crippen LogP contribution in [0.5, 0.6) is 0 Å². The second-order valence-electron chi connectivity index (χ2n) is 9.83. The van der Waals surface area contributed by atoms with Gasteiger partial charge in [0.15, 0.2) is 0 Å². The first-order valence-corrected chi connectivity index (χ1v) is 15.2. The molecule has 0 fully saturated rings. The van der Waals surface area contributed by atoms with E-state index in [1.807, 2.05) is 0 Å². The summed E-state index contributed by atoms with van der Waals surface area (Å²) in [5.74, 6) is 2.72. The molecule has 0 aromatic heterocycles. The van der Waals surface area contributed by atoms with Crippen LogP contribution in [0, 0.1) is 6.08 Å². The Hall–Kier alpha value is 0.576. The normalized spacial score (nSPS) is 14.2. The summed E-state index contributed by atoms with van der Waals surface area (Å²) in [6, 6.07) is 0. The van der Waals surface area contributed by atoms with Crippen LogP contribution in [-0.2, 0) is 26.2 Å². The first-order valence-electron chi connectivity index (χ1n) is 8.87. The van der Waals surface area contributed by atoms with Gasteiger partial charge in [-0.2, -0.15) is 0 Å². The zero-order chi connectivity index (χ0) is 22.9. The van der Waals surface area contributed by atoms with Crippen LogP contribution in [-0.4, -0.2) is 50.4 Å². The van der Waals surface area contributed by atoms with Crippen molar-refractivity contribution >= 4 is 13.3 Å². The Balaban J connectivity index is -0.000000153. The molecule has 0 aromatic rings. The molecule has 1 aliphatic carbocycles. The van der Waals surface area contributed by atoms with Crippen molar-refractivity contribution in [2.45, 2.75) is 102 Å². The zero-order valence-corrected chi connectivity index (χ0v) is 23.9. The molecule has 3 N–H and O–H groups in total. The molecule has 8 heteroatoms. The Morgan fingerprint density at radius 3 is 1.18 bits per heavy atom. The largest absolute Gasteiger partial charge is 0 e. The Morgan fingerprint density at radius 2 is 1.04 bits per heavy atom. The van der Waals surface area contributed by atoms with E-state index in [1.54, 1.807) is 74.5 Å². The Kier molecular flexibility index (Phi) is 17.7.